The number of ether oxygens (including phenoxy) is 1. The molecule has 0 atom stereocenters. The predicted octanol–water partition coefficient (Wildman–Crippen LogP) is 5.69. The van der Waals surface area contributed by atoms with Gasteiger partial charge in [0.2, 0.25) is 0 Å². The fourth-order valence-electron chi connectivity index (χ4n) is 2.15. The third-order valence-corrected chi connectivity index (χ3v) is 3.73. The largest absolute Gasteiger partial charge is 0.457 e. The van der Waals surface area contributed by atoms with Crippen LogP contribution in [0.2, 0.25) is 5.02 Å². The molecular formula is C20H16ClNO2. The lowest BCUT2D eigenvalue weighted by Gasteiger charge is -2.08. The number of rotatable bonds is 4. The van der Waals surface area contributed by atoms with Gasteiger partial charge in [0.25, 0.3) is 5.91 Å². The Hall–Kier alpha value is -2.78. The molecule has 0 spiro atoms. The molecule has 1 amide bonds. The highest BCUT2D eigenvalue weighted by molar-refractivity contribution is 6.30. The van der Waals surface area contributed by atoms with Crippen LogP contribution < -0.4 is 10.1 Å². The molecule has 0 unspecified atom stereocenters. The quantitative estimate of drug-likeness (QED) is 0.663. The van der Waals surface area contributed by atoms with Crippen molar-refractivity contribution in [3.8, 4) is 11.5 Å². The Morgan fingerprint density at radius 3 is 1.96 bits per heavy atom. The number of amides is 1. The SMILES string of the molecule is Cc1ccc(C(=O)Nc2ccc(Oc3ccc(Cl)cc3)cc2)cc1. The Labute approximate surface area is 145 Å². The second kappa shape index (κ2) is 7.20. The van der Waals surface area contributed by atoms with Gasteiger partial charge >= 0.3 is 0 Å². The average molecular weight is 338 g/mol. The van der Waals surface area contributed by atoms with Crippen LogP contribution in [0.3, 0.4) is 0 Å². The second-order valence-electron chi connectivity index (χ2n) is 5.40. The first-order valence-electron chi connectivity index (χ1n) is 7.52. The maximum atomic E-state index is 12.2. The fourth-order valence-corrected chi connectivity index (χ4v) is 2.28. The molecule has 0 aliphatic rings. The first-order chi connectivity index (χ1) is 11.6. The summed E-state index contributed by atoms with van der Waals surface area (Å²) in [6.07, 6.45) is 0. The number of hydrogen-bond donors (Lipinski definition) is 1. The molecule has 24 heavy (non-hydrogen) atoms. The van der Waals surface area contributed by atoms with Crippen LogP contribution in [0.5, 0.6) is 11.5 Å². The molecule has 3 aromatic carbocycles. The molecule has 0 heterocycles. The third-order valence-electron chi connectivity index (χ3n) is 3.48. The van der Waals surface area contributed by atoms with Gasteiger partial charge in [-0.25, -0.2) is 0 Å². The highest BCUT2D eigenvalue weighted by Crippen LogP contribution is 2.24. The fraction of sp³-hybridized carbons (Fsp3) is 0.0500. The minimum atomic E-state index is -0.138. The van der Waals surface area contributed by atoms with Crippen molar-refractivity contribution >= 4 is 23.2 Å². The van der Waals surface area contributed by atoms with E-state index < -0.39 is 0 Å². The van der Waals surface area contributed by atoms with Crippen LogP contribution in [0.25, 0.3) is 0 Å². The summed E-state index contributed by atoms with van der Waals surface area (Å²) in [6, 6.07) is 21.8. The summed E-state index contributed by atoms with van der Waals surface area (Å²) in [5.74, 6) is 1.25. The van der Waals surface area contributed by atoms with Crippen LogP contribution in [0.15, 0.2) is 72.8 Å². The van der Waals surface area contributed by atoms with Crippen molar-refractivity contribution < 1.29 is 9.53 Å². The van der Waals surface area contributed by atoms with Gasteiger partial charge in [-0.15, -0.1) is 0 Å². The van der Waals surface area contributed by atoms with E-state index in [0.29, 0.717) is 27.8 Å². The maximum Gasteiger partial charge on any atom is 0.255 e. The van der Waals surface area contributed by atoms with Crippen molar-refractivity contribution in [2.75, 3.05) is 5.32 Å². The molecule has 1 N–H and O–H groups in total. The summed E-state index contributed by atoms with van der Waals surface area (Å²) in [7, 11) is 0. The van der Waals surface area contributed by atoms with Gasteiger partial charge in [0.05, 0.1) is 0 Å². The number of nitrogens with one attached hydrogen (secondary N) is 1. The van der Waals surface area contributed by atoms with Crippen LogP contribution in [-0.2, 0) is 0 Å². The summed E-state index contributed by atoms with van der Waals surface area (Å²) in [5.41, 5.74) is 2.46. The minimum Gasteiger partial charge on any atom is -0.457 e. The highest BCUT2D eigenvalue weighted by Gasteiger charge is 2.06. The molecule has 4 heteroatoms. The molecule has 0 saturated carbocycles. The summed E-state index contributed by atoms with van der Waals surface area (Å²) in [6.45, 7) is 1.99. The number of halogens is 1. The lowest BCUT2D eigenvalue weighted by Crippen LogP contribution is -2.11. The zero-order chi connectivity index (χ0) is 16.9. The van der Waals surface area contributed by atoms with Crippen LogP contribution in [-0.4, -0.2) is 5.91 Å². The van der Waals surface area contributed by atoms with E-state index in [1.54, 1.807) is 48.5 Å². The summed E-state index contributed by atoms with van der Waals surface area (Å²) >= 11 is 5.85. The highest BCUT2D eigenvalue weighted by atomic mass is 35.5. The molecule has 0 aliphatic carbocycles. The van der Waals surface area contributed by atoms with Gasteiger partial charge in [0.1, 0.15) is 11.5 Å². The molecular weight excluding hydrogens is 322 g/mol. The molecule has 3 rings (SSSR count). The lowest BCUT2D eigenvalue weighted by molar-refractivity contribution is 0.102. The van der Waals surface area contributed by atoms with Crippen molar-refractivity contribution in [1.29, 1.82) is 0 Å². The summed E-state index contributed by atoms with van der Waals surface area (Å²) in [4.78, 5) is 12.2. The summed E-state index contributed by atoms with van der Waals surface area (Å²) in [5, 5.41) is 3.53. The number of carbonyl (C=O) groups is 1. The van der Waals surface area contributed by atoms with Gasteiger partial charge in [-0.3, -0.25) is 4.79 Å². The van der Waals surface area contributed by atoms with Crippen LogP contribution in [0, 0.1) is 6.92 Å². The maximum absolute atomic E-state index is 12.2. The smallest absolute Gasteiger partial charge is 0.255 e. The molecule has 0 radical (unpaired) electrons. The normalized spacial score (nSPS) is 10.2. The van der Waals surface area contributed by atoms with E-state index in [4.69, 9.17) is 16.3 Å². The van der Waals surface area contributed by atoms with Crippen molar-refractivity contribution in [3.05, 3.63) is 88.9 Å². The van der Waals surface area contributed by atoms with Crippen molar-refractivity contribution in [1.82, 2.24) is 0 Å². The molecule has 0 fully saturated rings. The average Bonchev–Trinajstić information content (AvgIpc) is 2.59. The Bertz CT molecular complexity index is 825. The molecule has 0 bridgehead atoms. The van der Waals surface area contributed by atoms with Gasteiger partial charge in [0.15, 0.2) is 0 Å². The molecule has 120 valence electrons. The second-order valence-corrected chi connectivity index (χ2v) is 5.84. The Morgan fingerprint density at radius 2 is 1.38 bits per heavy atom. The summed E-state index contributed by atoms with van der Waals surface area (Å²) < 4.78 is 5.72. The Kier molecular flexibility index (Phi) is 4.82. The number of carbonyl (C=O) groups excluding carboxylic acids is 1. The van der Waals surface area contributed by atoms with Crippen molar-refractivity contribution in [2.24, 2.45) is 0 Å². The molecule has 0 saturated heterocycles. The van der Waals surface area contributed by atoms with Crippen molar-refractivity contribution in [3.63, 3.8) is 0 Å². The van der Waals surface area contributed by atoms with Gasteiger partial charge in [-0.05, 0) is 67.6 Å². The number of aryl methyl sites for hydroxylation is 1. The van der Waals surface area contributed by atoms with E-state index in [9.17, 15) is 4.79 Å². The van der Waals surface area contributed by atoms with E-state index in [1.165, 1.54) is 0 Å². The standard InChI is InChI=1S/C20H16ClNO2/c1-14-2-4-15(5-3-14)20(23)22-17-8-12-19(13-9-17)24-18-10-6-16(21)7-11-18/h2-13H,1H3,(H,22,23). The monoisotopic (exact) mass is 337 g/mol. The zero-order valence-electron chi connectivity index (χ0n) is 13.1. The van der Waals surface area contributed by atoms with Crippen LogP contribution in [0.1, 0.15) is 15.9 Å². The Morgan fingerprint density at radius 1 is 0.833 bits per heavy atom. The van der Waals surface area contributed by atoms with Gasteiger partial charge in [-0.1, -0.05) is 29.3 Å². The predicted molar refractivity (Wildman–Crippen MR) is 97.1 cm³/mol. The van der Waals surface area contributed by atoms with E-state index in [-0.39, 0.29) is 5.91 Å². The van der Waals surface area contributed by atoms with Gasteiger partial charge in [-0.2, -0.15) is 0 Å². The third kappa shape index (κ3) is 4.15. The van der Waals surface area contributed by atoms with Gasteiger partial charge < -0.3 is 10.1 Å². The molecule has 3 nitrogen and oxygen atoms in total. The van der Waals surface area contributed by atoms with Crippen LogP contribution in [0.4, 0.5) is 5.69 Å². The number of anilines is 1. The lowest BCUT2D eigenvalue weighted by atomic mass is 10.1. The van der Waals surface area contributed by atoms with E-state index in [2.05, 4.69) is 5.32 Å². The molecule has 3 aromatic rings. The van der Waals surface area contributed by atoms with Gasteiger partial charge in [0, 0.05) is 16.3 Å². The zero-order valence-corrected chi connectivity index (χ0v) is 13.9. The number of hydrogen-bond acceptors (Lipinski definition) is 2. The van der Waals surface area contributed by atoms with E-state index >= 15 is 0 Å². The molecule has 0 aromatic heterocycles. The van der Waals surface area contributed by atoms with Crippen LogP contribution >= 0.6 is 11.6 Å². The van der Waals surface area contributed by atoms with E-state index in [1.807, 2.05) is 31.2 Å². The van der Waals surface area contributed by atoms with E-state index in [0.717, 1.165) is 5.56 Å². The number of benzene rings is 3. The van der Waals surface area contributed by atoms with Crippen molar-refractivity contribution in [2.45, 2.75) is 6.92 Å². The molecule has 0 aliphatic heterocycles. The minimum absolute atomic E-state index is 0.138. The Balaban J connectivity index is 1.64. The first kappa shape index (κ1) is 16.1. The topological polar surface area (TPSA) is 38.3 Å². The first-order valence-corrected chi connectivity index (χ1v) is 7.89.